The Balaban J connectivity index is 2.05. The molecule has 4 heteroatoms. The second kappa shape index (κ2) is 6.40. The molecular formula is C12H19NO3. The summed E-state index contributed by atoms with van der Waals surface area (Å²) in [4.78, 5) is 34.5. The van der Waals surface area contributed by atoms with Crippen LogP contribution in [0.2, 0.25) is 0 Å². The number of amides is 2. The van der Waals surface area contributed by atoms with E-state index in [-0.39, 0.29) is 17.6 Å². The summed E-state index contributed by atoms with van der Waals surface area (Å²) >= 11 is 0. The molecule has 1 fully saturated rings. The number of hydrogen-bond donors (Lipinski definition) is 0. The van der Waals surface area contributed by atoms with Gasteiger partial charge in [0.25, 0.3) is 0 Å². The molecule has 0 spiro atoms. The van der Waals surface area contributed by atoms with Crippen LogP contribution in [0.1, 0.15) is 51.9 Å². The van der Waals surface area contributed by atoms with Crippen molar-refractivity contribution in [2.24, 2.45) is 0 Å². The molecule has 1 rings (SSSR count). The van der Waals surface area contributed by atoms with Gasteiger partial charge in [0.1, 0.15) is 5.78 Å². The monoisotopic (exact) mass is 225 g/mol. The van der Waals surface area contributed by atoms with Crippen LogP contribution in [0, 0.1) is 0 Å². The Kier molecular flexibility index (Phi) is 5.15. The maximum absolute atomic E-state index is 11.3. The number of Topliss-reactive ketones (excluding diaryl/α,β-unsaturated/α-hetero) is 1. The smallest absolute Gasteiger partial charge is 0.229 e. The highest BCUT2D eigenvalue weighted by Gasteiger charge is 2.27. The molecule has 1 aliphatic heterocycles. The minimum atomic E-state index is -0.0336. The van der Waals surface area contributed by atoms with Crippen LogP contribution < -0.4 is 0 Å². The molecule has 1 saturated heterocycles. The summed E-state index contributed by atoms with van der Waals surface area (Å²) in [6, 6.07) is 0. The average molecular weight is 225 g/mol. The van der Waals surface area contributed by atoms with Crippen LogP contribution in [0.5, 0.6) is 0 Å². The van der Waals surface area contributed by atoms with Crippen molar-refractivity contribution in [2.45, 2.75) is 51.9 Å². The van der Waals surface area contributed by atoms with Crippen molar-refractivity contribution in [3.05, 3.63) is 0 Å². The Bertz CT molecular complexity index is 270. The van der Waals surface area contributed by atoms with Crippen LogP contribution >= 0.6 is 0 Å². The highest BCUT2D eigenvalue weighted by molar-refractivity contribution is 6.01. The third kappa shape index (κ3) is 4.13. The fourth-order valence-corrected chi connectivity index (χ4v) is 1.87. The Morgan fingerprint density at radius 1 is 1.06 bits per heavy atom. The van der Waals surface area contributed by atoms with Crippen molar-refractivity contribution in [3.63, 3.8) is 0 Å². The van der Waals surface area contributed by atoms with E-state index < -0.39 is 0 Å². The van der Waals surface area contributed by atoms with Gasteiger partial charge in [-0.2, -0.15) is 0 Å². The van der Waals surface area contributed by atoms with Gasteiger partial charge in [0, 0.05) is 25.8 Å². The van der Waals surface area contributed by atoms with Crippen LogP contribution in [-0.2, 0) is 14.4 Å². The molecule has 0 aromatic rings. The lowest BCUT2D eigenvalue weighted by atomic mass is 10.1. The van der Waals surface area contributed by atoms with Gasteiger partial charge in [0.15, 0.2) is 0 Å². The molecule has 2 amide bonds. The molecule has 1 heterocycles. The number of ketones is 1. The first-order chi connectivity index (χ1) is 7.61. The van der Waals surface area contributed by atoms with E-state index in [0.29, 0.717) is 25.8 Å². The Morgan fingerprint density at radius 3 is 2.19 bits per heavy atom. The number of hydrogen-bond acceptors (Lipinski definition) is 3. The maximum Gasteiger partial charge on any atom is 0.229 e. The zero-order valence-electron chi connectivity index (χ0n) is 9.83. The molecule has 0 saturated carbocycles. The van der Waals surface area contributed by atoms with Crippen LogP contribution in [-0.4, -0.2) is 29.0 Å². The van der Waals surface area contributed by atoms with Crippen molar-refractivity contribution < 1.29 is 14.4 Å². The summed E-state index contributed by atoms with van der Waals surface area (Å²) in [6.45, 7) is 2.15. The zero-order valence-corrected chi connectivity index (χ0v) is 9.83. The largest absolute Gasteiger partial charge is 0.300 e. The second-order valence-corrected chi connectivity index (χ2v) is 4.31. The van der Waals surface area contributed by atoms with Crippen molar-refractivity contribution in [1.29, 1.82) is 0 Å². The van der Waals surface area contributed by atoms with Gasteiger partial charge in [-0.05, 0) is 19.8 Å². The molecule has 0 N–H and O–H groups in total. The highest BCUT2D eigenvalue weighted by atomic mass is 16.2. The van der Waals surface area contributed by atoms with Crippen LogP contribution in [0.3, 0.4) is 0 Å². The third-order valence-corrected chi connectivity index (χ3v) is 2.82. The number of likely N-dealkylation sites (tertiary alicyclic amines) is 1. The van der Waals surface area contributed by atoms with Gasteiger partial charge in [-0.25, -0.2) is 0 Å². The number of imide groups is 1. The zero-order chi connectivity index (χ0) is 12.0. The fourth-order valence-electron chi connectivity index (χ4n) is 1.87. The summed E-state index contributed by atoms with van der Waals surface area (Å²) in [5, 5.41) is 0. The quantitative estimate of drug-likeness (QED) is 0.489. The Labute approximate surface area is 96.0 Å². The van der Waals surface area contributed by atoms with Crippen LogP contribution in [0.4, 0.5) is 0 Å². The van der Waals surface area contributed by atoms with E-state index in [4.69, 9.17) is 0 Å². The molecule has 0 aromatic heterocycles. The molecule has 0 unspecified atom stereocenters. The van der Waals surface area contributed by atoms with Crippen molar-refractivity contribution in [2.75, 3.05) is 6.54 Å². The van der Waals surface area contributed by atoms with Gasteiger partial charge in [-0.1, -0.05) is 12.8 Å². The van der Waals surface area contributed by atoms with Gasteiger partial charge in [0.2, 0.25) is 11.8 Å². The van der Waals surface area contributed by atoms with Gasteiger partial charge in [0.05, 0.1) is 0 Å². The molecule has 0 aromatic carbocycles. The molecule has 4 nitrogen and oxygen atoms in total. The topological polar surface area (TPSA) is 54.5 Å². The number of rotatable bonds is 7. The van der Waals surface area contributed by atoms with E-state index in [1.807, 2.05) is 0 Å². The maximum atomic E-state index is 11.3. The summed E-state index contributed by atoms with van der Waals surface area (Å²) in [7, 11) is 0. The van der Waals surface area contributed by atoms with Gasteiger partial charge in [-0.15, -0.1) is 0 Å². The second-order valence-electron chi connectivity index (χ2n) is 4.31. The molecule has 90 valence electrons. The van der Waals surface area contributed by atoms with Crippen molar-refractivity contribution in [1.82, 2.24) is 4.90 Å². The fraction of sp³-hybridized carbons (Fsp3) is 0.750. The van der Waals surface area contributed by atoms with Crippen molar-refractivity contribution >= 4 is 17.6 Å². The SMILES string of the molecule is CC(=O)CCCCCCN1C(=O)CCC1=O. The molecule has 1 aliphatic rings. The van der Waals surface area contributed by atoms with Gasteiger partial charge >= 0.3 is 0 Å². The van der Waals surface area contributed by atoms with E-state index in [9.17, 15) is 14.4 Å². The first kappa shape index (κ1) is 12.9. The number of nitrogens with zero attached hydrogens (tertiary/aromatic N) is 1. The first-order valence-electron chi connectivity index (χ1n) is 5.94. The number of unbranched alkanes of at least 4 members (excludes halogenated alkanes) is 3. The number of carbonyl (C=O) groups excluding carboxylic acids is 3. The van der Waals surface area contributed by atoms with E-state index >= 15 is 0 Å². The Morgan fingerprint density at radius 2 is 1.62 bits per heavy atom. The average Bonchev–Trinajstić information content (AvgIpc) is 2.53. The van der Waals surface area contributed by atoms with E-state index in [1.165, 1.54) is 4.90 Å². The van der Waals surface area contributed by atoms with Gasteiger partial charge < -0.3 is 4.79 Å². The van der Waals surface area contributed by atoms with E-state index in [1.54, 1.807) is 6.92 Å². The number of carbonyl (C=O) groups is 3. The lowest BCUT2D eigenvalue weighted by Gasteiger charge is -2.12. The van der Waals surface area contributed by atoms with E-state index in [2.05, 4.69) is 0 Å². The van der Waals surface area contributed by atoms with Crippen molar-refractivity contribution in [3.8, 4) is 0 Å². The third-order valence-electron chi connectivity index (χ3n) is 2.82. The van der Waals surface area contributed by atoms with Crippen LogP contribution in [0.25, 0.3) is 0 Å². The molecule has 0 radical (unpaired) electrons. The molecule has 0 atom stereocenters. The summed E-state index contributed by atoms with van der Waals surface area (Å²) in [5.74, 6) is 0.160. The van der Waals surface area contributed by atoms with E-state index in [0.717, 1.165) is 25.7 Å². The molecule has 16 heavy (non-hydrogen) atoms. The van der Waals surface area contributed by atoms with Gasteiger partial charge in [-0.3, -0.25) is 14.5 Å². The standard InChI is InChI=1S/C12H19NO3/c1-10(14)6-4-2-3-5-9-13-11(15)7-8-12(13)16/h2-9H2,1H3. The minimum absolute atomic E-state index is 0.0336. The Hall–Kier alpha value is -1.19. The first-order valence-corrected chi connectivity index (χ1v) is 5.94. The lowest BCUT2D eigenvalue weighted by Crippen LogP contribution is -2.29. The summed E-state index contributed by atoms with van der Waals surface area (Å²) in [6.07, 6.45) is 5.14. The molecule has 0 bridgehead atoms. The predicted octanol–water partition coefficient (Wildman–Crippen LogP) is 1.67. The minimum Gasteiger partial charge on any atom is -0.300 e. The van der Waals surface area contributed by atoms with Crippen LogP contribution in [0.15, 0.2) is 0 Å². The highest BCUT2D eigenvalue weighted by Crippen LogP contribution is 2.13. The molecule has 0 aliphatic carbocycles. The summed E-state index contributed by atoms with van der Waals surface area (Å²) < 4.78 is 0. The summed E-state index contributed by atoms with van der Waals surface area (Å²) in [5.41, 5.74) is 0. The predicted molar refractivity (Wildman–Crippen MR) is 59.7 cm³/mol. The lowest BCUT2D eigenvalue weighted by molar-refractivity contribution is -0.138. The normalized spacial score (nSPS) is 15.9. The molecular weight excluding hydrogens is 206 g/mol.